The number of methoxy groups -OCH3 is 1. The van der Waals surface area contributed by atoms with E-state index in [4.69, 9.17) is 32.7 Å². The van der Waals surface area contributed by atoms with Crippen molar-refractivity contribution in [2.24, 2.45) is 0 Å². The molecule has 3 aromatic rings. The fraction of sp³-hybridized carbons (Fsp3) is 0.286. The van der Waals surface area contributed by atoms with Gasteiger partial charge in [-0.05, 0) is 65.6 Å². The number of ether oxygens (including phenoxy) is 2. The third kappa shape index (κ3) is 5.06. The van der Waals surface area contributed by atoms with Crippen molar-refractivity contribution in [1.82, 2.24) is 0 Å². The lowest BCUT2D eigenvalue weighted by Crippen LogP contribution is -2.47. The number of hydrogen-bond donors (Lipinski definition) is 1. The van der Waals surface area contributed by atoms with Gasteiger partial charge in [-0.1, -0.05) is 48.3 Å². The summed E-state index contributed by atoms with van der Waals surface area (Å²) in [6, 6.07) is 12.3. The Morgan fingerprint density at radius 1 is 1.13 bits per heavy atom. The largest absolute Gasteiger partial charge is 0.482 e. The van der Waals surface area contributed by atoms with E-state index in [2.05, 4.69) is 0 Å². The third-order valence-electron chi connectivity index (χ3n) is 6.88. The molecule has 1 heterocycles. The average Bonchev–Trinajstić information content (AvgIpc) is 2.90. The number of halogens is 5. The summed E-state index contributed by atoms with van der Waals surface area (Å²) in [6.45, 7) is 2.88. The molecule has 0 fully saturated rings. The Hall–Kier alpha value is -3.27. The van der Waals surface area contributed by atoms with Crippen LogP contribution in [0.3, 0.4) is 0 Å². The molecule has 1 aliphatic rings. The smallest absolute Gasteiger partial charge is 0.422 e. The van der Waals surface area contributed by atoms with Crippen LogP contribution in [0.25, 0.3) is 11.1 Å². The van der Waals surface area contributed by atoms with Gasteiger partial charge in [-0.15, -0.1) is 0 Å². The van der Waals surface area contributed by atoms with Crippen LogP contribution in [0.5, 0.6) is 5.75 Å². The first-order valence-corrected chi connectivity index (χ1v) is 12.6. The van der Waals surface area contributed by atoms with Crippen LogP contribution in [0.15, 0.2) is 54.6 Å². The Morgan fingerprint density at radius 2 is 1.85 bits per heavy atom. The summed E-state index contributed by atoms with van der Waals surface area (Å²) >= 11 is 12.6. The highest BCUT2D eigenvalue weighted by Gasteiger charge is 2.59. The normalized spacial score (nSPS) is 15.7. The standard InChI is InChI=1S/C28H24Cl2F3NO5/c1-4-34-23-12-17(6-10-24(23)39-14-25(34)35)27(37,28(31,32)33)15(2)19-8-5-16(11-22(19)30)21-13-18(29)7-9-20(21)26(36)38-3/h5-13,15,37H,4,14H2,1-3H3. The van der Waals surface area contributed by atoms with Gasteiger partial charge in [0.2, 0.25) is 0 Å². The van der Waals surface area contributed by atoms with Gasteiger partial charge in [0, 0.05) is 22.5 Å². The number of rotatable bonds is 6. The van der Waals surface area contributed by atoms with Crippen molar-refractivity contribution in [3.05, 3.63) is 81.3 Å². The van der Waals surface area contributed by atoms with Crippen molar-refractivity contribution in [3.63, 3.8) is 0 Å². The predicted octanol–water partition coefficient (Wildman–Crippen LogP) is 6.75. The van der Waals surface area contributed by atoms with Gasteiger partial charge in [0.1, 0.15) is 5.75 Å². The number of likely N-dealkylation sites (N-methyl/N-ethyl adjacent to an activating group) is 1. The zero-order chi connectivity index (χ0) is 28.7. The molecule has 0 saturated carbocycles. The molecule has 2 atom stereocenters. The van der Waals surface area contributed by atoms with Crippen molar-refractivity contribution in [2.75, 3.05) is 25.2 Å². The molecular weight excluding hydrogens is 558 g/mol. The van der Waals surface area contributed by atoms with Crippen LogP contribution >= 0.6 is 23.2 Å². The summed E-state index contributed by atoms with van der Waals surface area (Å²) in [7, 11) is 1.22. The Labute approximate surface area is 232 Å². The molecule has 0 aromatic heterocycles. The van der Waals surface area contributed by atoms with Gasteiger partial charge < -0.3 is 19.5 Å². The van der Waals surface area contributed by atoms with E-state index in [1.54, 1.807) is 6.92 Å². The summed E-state index contributed by atoms with van der Waals surface area (Å²) in [5, 5.41) is 11.6. The fourth-order valence-corrected chi connectivity index (χ4v) is 5.28. The molecule has 2 unspecified atom stereocenters. The van der Waals surface area contributed by atoms with Gasteiger partial charge in [-0.25, -0.2) is 4.79 Å². The summed E-state index contributed by atoms with van der Waals surface area (Å²) in [6.07, 6.45) is -5.12. The average molecular weight is 582 g/mol. The summed E-state index contributed by atoms with van der Waals surface area (Å²) in [5.74, 6) is -2.37. The Morgan fingerprint density at radius 3 is 2.46 bits per heavy atom. The minimum Gasteiger partial charge on any atom is -0.482 e. The van der Waals surface area contributed by atoms with E-state index >= 15 is 0 Å². The maximum Gasteiger partial charge on any atom is 0.422 e. The van der Waals surface area contributed by atoms with Gasteiger partial charge in [0.05, 0.1) is 18.4 Å². The number of anilines is 1. The van der Waals surface area contributed by atoms with Crippen LogP contribution in [-0.4, -0.2) is 43.4 Å². The number of aliphatic hydroxyl groups is 1. The second-order valence-electron chi connectivity index (χ2n) is 9.01. The summed E-state index contributed by atoms with van der Waals surface area (Å²) in [4.78, 5) is 25.8. The highest BCUT2D eigenvalue weighted by atomic mass is 35.5. The van der Waals surface area contributed by atoms with Crippen molar-refractivity contribution in [3.8, 4) is 16.9 Å². The number of carbonyl (C=O) groups excluding carboxylic acids is 2. The van der Waals surface area contributed by atoms with Gasteiger partial charge in [-0.3, -0.25) is 4.79 Å². The molecule has 6 nitrogen and oxygen atoms in total. The van der Waals surface area contributed by atoms with Crippen LogP contribution in [0, 0.1) is 0 Å². The van der Waals surface area contributed by atoms with E-state index in [9.17, 15) is 27.9 Å². The number of hydrogen-bond acceptors (Lipinski definition) is 5. The van der Waals surface area contributed by atoms with E-state index in [0.29, 0.717) is 16.1 Å². The molecule has 39 heavy (non-hydrogen) atoms. The highest BCUT2D eigenvalue weighted by Crippen LogP contribution is 2.51. The number of benzene rings is 3. The molecule has 3 aromatic carbocycles. The second-order valence-corrected chi connectivity index (χ2v) is 9.86. The third-order valence-corrected chi connectivity index (χ3v) is 7.44. The molecule has 1 aliphatic heterocycles. The van der Waals surface area contributed by atoms with Gasteiger partial charge in [-0.2, -0.15) is 13.2 Å². The topological polar surface area (TPSA) is 76.1 Å². The SMILES string of the molecule is CCN1C(=O)COc2ccc(C(O)(C(C)c3ccc(-c4cc(Cl)ccc4C(=O)OC)cc3Cl)C(F)(F)F)cc21. The van der Waals surface area contributed by atoms with Crippen LogP contribution in [0.1, 0.15) is 41.3 Å². The van der Waals surface area contributed by atoms with Crippen molar-refractivity contribution >= 4 is 40.8 Å². The number of amides is 1. The Kier molecular flexibility index (Phi) is 7.89. The molecule has 206 valence electrons. The van der Waals surface area contributed by atoms with E-state index in [-0.39, 0.29) is 40.7 Å². The first-order chi connectivity index (χ1) is 18.3. The lowest BCUT2D eigenvalue weighted by atomic mass is 9.77. The van der Waals surface area contributed by atoms with Crippen LogP contribution < -0.4 is 9.64 Å². The van der Waals surface area contributed by atoms with E-state index in [0.717, 1.165) is 12.1 Å². The fourth-order valence-electron chi connectivity index (χ4n) is 4.76. The van der Waals surface area contributed by atoms with E-state index in [1.807, 2.05) is 0 Å². The number of alkyl halides is 3. The monoisotopic (exact) mass is 581 g/mol. The van der Waals surface area contributed by atoms with Crippen molar-refractivity contribution < 1.29 is 37.3 Å². The molecule has 1 N–H and O–H groups in total. The molecule has 0 saturated heterocycles. The second kappa shape index (κ2) is 10.7. The van der Waals surface area contributed by atoms with Gasteiger partial charge in [0.15, 0.2) is 12.2 Å². The van der Waals surface area contributed by atoms with Crippen LogP contribution in [0.2, 0.25) is 10.0 Å². The first-order valence-electron chi connectivity index (χ1n) is 11.9. The molecule has 1 amide bonds. The zero-order valence-electron chi connectivity index (χ0n) is 21.1. The summed E-state index contributed by atoms with van der Waals surface area (Å²) < 4.78 is 54.1. The molecule has 0 aliphatic carbocycles. The minimum atomic E-state index is -5.12. The molecule has 0 radical (unpaired) electrons. The number of nitrogens with zero attached hydrogens (tertiary/aromatic N) is 1. The molecule has 0 spiro atoms. The zero-order valence-corrected chi connectivity index (χ0v) is 22.6. The lowest BCUT2D eigenvalue weighted by molar-refractivity contribution is -0.274. The quantitative estimate of drug-likeness (QED) is 0.326. The number of esters is 1. The Balaban J connectivity index is 1.81. The lowest BCUT2D eigenvalue weighted by Gasteiger charge is -2.38. The van der Waals surface area contributed by atoms with E-state index < -0.39 is 35.1 Å². The summed E-state index contributed by atoms with van der Waals surface area (Å²) in [5.41, 5.74) is -2.71. The highest BCUT2D eigenvalue weighted by molar-refractivity contribution is 6.32. The number of fused-ring (bicyclic) bond motifs is 1. The number of carbonyl (C=O) groups is 2. The van der Waals surface area contributed by atoms with E-state index in [1.165, 1.54) is 61.4 Å². The minimum absolute atomic E-state index is 0.0132. The predicted molar refractivity (Wildman–Crippen MR) is 142 cm³/mol. The van der Waals surface area contributed by atoms with Crippen LogP contribution in [-0.2, 0) is 15.1 Å². The Bertz CT molecular complexity index is 1450. The van der Waals surface area contributed by atoms with Crippen molar-refractivity contribution in [1.29, 1.82) is 0 Å². The molecule has 4 rings (SSSR count). The molecular formula is C28H24Cl2F3NO5. The van der Waals surface area contributed by atoms with Gasteiger partial charge >= 0.3 is 12.1 Å². The maximum atomic E-state index is 14.6. The van der Waals surface area contributed by atoms with Gasteiger partial charge in [0.25, 0.3) is 5.91 Å². The maximum absolute atomic E-state index is 14.6. The van der Waals surface area contributed by atoms with Crippen molar-refractivity contribution in [2.45, 2.75) is 31.5 Å². The first kappa shape index (κ1) is 28.7. The molecule has 0 bridgehead atoms. The molecule has 11 heteroatoms. The van der Waals surface area contributed by atoms with Crippen LogP contribution in [0.4, 0.5) is 18.9 Å².